The molecule has 29 heavy (non-hydrogen) atoms. The van der Waals surface area contributed by atoms with Crippen LogP contribution in [0.25, 0.3) is 0 Å². The van der Waals surface area contributed by atoms with Crippen molar-refractivity contribution in [2.24, 2.45) is 5.92 Å². The van der Waals surface area contributed by atoms with E-state index >= 15 is 0 Å². The normalized spacial score (nSPS) is 24.3. The lowest BCUT2D eigenvalue weighted by atomic mass is 9.91. The molecule has 0 bridgehead atoms. The summed E-state index contributed by atoms with van der Waals surface area (Å²) in [4.78, 5) is 31.7. The lowest BCUT2D eigenvalue weighted by Crippen LogP contribution is -2.50. The number of para-hydroxylation sites is 1. The number of likely N-dealkylation sites (tertiary alicyclic amines) is 1. The Morgan fingerprint density at radius 3 is 2.72 bits per heavy atom. The highest BCUT2D eigenvalue weighted by Crippen LogP contribution is 2.22. The van der Waals surface area contributed by atoms with Crippen LogP contribution in [0, 0.1) is 5.92 Å². The predicted molar refractivity (Wildman–Crippen MR) is 108 cm³/mol. The number of pyridine rings is 1. The molecule has 7 nitrogen and oxygen atoms in total. The van der Waals surface area contributed by atoms with Crippen LogP contribution in [0.15, 0.2) is 54.7 Å². The number of hydrogen-bond donors (Lipinski definition) is 2. The molecular weight excluding hydrogens is 368 g/mol. The summed E-state index contributed by atoms with van der Waals surface area (Å²) in [6.45, 7) is 1.63. The zero-order chi connectivity index (χ0) is 20.1. The molecule has 1 aromatic heterocycles. The van der Waals surface area contributed by atoms with Gasteiger partial charge in [0, 0.05) is 25.2 Å². The third-order valence-electron chi connectivity index (χ3n) is 5.50. The molecular formula is C22H26N4O3. The van der Waals surface area contributed by atoms with E-state index in [4.69, 9.17) is 4.74 Å². The number of benzene rings is 1. The summed E-state index contributed by atoms with van der Waals surface area (Å²) in [7, 11) is 0. The van der Waals surface area contributed by atoms with Gasteiger partial charge in [0.1, 0.15) is 24.1 Å². The Labute approximate surface area is 170 Å². The number of hydrazine groups is 1. The second kappa shape index (κ2) is 9.15. The number of ether oxygens (including phenoxy) is 1. The molecule has 0 aliphatic carbocycles. The summed E-state index contributed by atoms with van der Waals surface area (Å²) in [5.74, 6) is 0.693. The molecule has 0 spiro atoms. The summed E-state index contributed by atoms with van der Waals surface area (Å²) in [6, 6.07) is 14.7. The molecule has 0 radical (unpaired) electrons. The van der Waals surface area contributed by atoms with Gasteiger partial charge >= 0.3 is 0 Å². The Morgan fingerprint density at radius 2 is 1.93 bits per heavy atom. The summed E-state index contributed by atoms with van der Waals surface area (Å²) >= 11 is 0. The second-order valence-electron chi connectivity index (χ2n) is 7.60. The van der Waals surface area contributed by atoms with Crippen LogP contribution >= 0.6 is 0 Å². The van der Waals surface area contributed by atoms with Crippen LogP contribution in [-0.4, -0.2) is 53.4 Å². The Kier molecular flexibility index (Phi) is 6.17. The number of nitrogens with one attached hydrogen (secondary N) is 2. The molecule has 7 heteroatoms. The van der Waals surface area contributed by atoms with E-state index in [9.17, 15) is 9.59 Å². The zero-order valence-corrected chi connectivity index (χ0v) is 16.3. The third-order valence-corrected chi connectivity index (χ3v) is 5.50. The molecule has 2 aliphatic rings. The fourth-order valence-electron chi connectivity index (χ4n) is 3.94. The van der Waals surface area contributed by atoms with Crippen molar-refractivity contribution >= 4 is 11.7 Å². The molecule has 152 valence electrons. The highest BCUT2D eigenvalue weighted by Gasteiger charge is 2.36. The number of rotatable bonds is 6. The van der Waals surface area contributed by atoms with Gasteiger partial charge in [-0.3, -0.25) is 20.0 Å². The maximum absolute atomic E-state index is 13.0. The van der Waals surface area contributed by atoms with Gasteiger partial charge < -0.3 is 9.64 Å². The molecule has 2 aliphatic heterocycles. The van der Waals surface area contributed by atoms with E-state index in [0.29, 0.717) is 31.8 Å². The Balaban J connectivity index is 1.29. The van der Waals surface area contributed by atoms with Gasteiger partial charge in [-0.1, -0.05) is 24.3 Å². The number of Topliss-reactive ketones (excluding diaryl/α,β-unsaturated/α-hetero) is 1. The van der Waals surface area contributed by atoms with Crippen molar-refractivity contribution in [3.05, 3.63) is 60.4 Å². The minimum absolute atomic E-state index is 0.0229. The fraction of sp³-hybridized carbons (Fsp3) is 0.409. The molecule has 0 saturated carbocycles. The van der Waals surface area contributed by atoms with E-state index in [1.165, 1.54) is 0 Å². The summed E-state index contributed by atoms with van der Waals surface area (Å²) in [5.41, 5.74) is 6.73. The van der Waals surface area contributed by atoms with Gasteiger partial charge in [-0.15, -0.1) is 0 Å². The maximum atomic E-state index is 13.0. The number of aromatic nitrogens is 1. The molecule has 2 aromatic rings. The highest BCUT2D eigenvalue weighted by molar-refractivity contribution is 5.96. The molecule has 2 saturated heterocycles. The van der Waals surface area contributed by atoms with Gasteiger partial charge in [-0.25, -0.2) is 5.43 Å². The van der Waals surface area contributed by atoms with Gasteiger partial charge in [0.05, 0.1) is 6.04 Å². The van der Waals surface area contributed by atoms with Crippen molar-refractivity contribution in [1.29, 1.82) is 0 Å². The first-order valence-corrected chi connectivity index (χ1v) is 10.1. The number of carbonyl (C=O) groups is 2. The monoisotopic (exact) mass is 394 g/mol. The van der Waals surface area contributed by atoms with Crippen LogP contribution in [0.5, 0.6) is 5.75 Å². The van der Waals surface area contributed by atoms with Crippen molar-refractivity contribution in [2.45, 2.75) is 31.3 Å². The Hall–Kier alpha value is -2.77. The topological polar surface area (TPSA) is 83.6 Å². The number of amides is 1. The van der Waals surface area contributed by atoms with Crippen LogP contribution in [0.4, 0.5) is 0 Å². The van der Waals surface area contributed by atoms with Gasteiger partial charge in [0.15, 0.2) is 5.78 Å². The second-order valence-corrected chi connectivity index (χ2v) is 7.60. The van der Waals surface area contributed by atoms with Crippen LogP contribution in [0.2, 0.25) is 0 Å². The minimum Gasteiger partial charge on any atom is -0.492 e. The summed E-state index contributed by atoms with van der Waals surface area (Å²) in [6.07, 6.45) is 3.91. The van der Waals surface area contributed by atoms with Crippen molar-refractivity contribution in [3.8, 4) is 5.75 Å². The molecule has 3 heterocycles. The number of ketones is 1. The first-order valence-electron chi connectivity index (χ1n) is 10.1. The minimum atomic E-state index is -0.303. The maximum Gasteiger partial charge on any atom is 0.241 e. The first kappa shape index (κ1) is 19.5. The van der Waals surface area contributed by atoms with Gasteiger partial charge in [0.2, 0.25) is 5.91 Å². The molecule has 1 amide bonds. The van der Waals surface area contributed by atoms with Crippen LogP contribution in [0.3, 0.4) is 0 Å². The van der Waals surface area contributed by atoms with E-state index in [0.717, 1.165) is 18.6 Å². The van der Waals surface area contributed by atoms with E-state index in [2.05, 4.69) is 15.8 Å². The number of nitrogens with zero attached hydrogens (tertiary/aromatic N) is 2. The molecule has 4 rings (SSSR count). The number of piperidine rings is 1. The van der Waals surface area contributed by atoms with E-state index < -0.39 is 0 Å². The molecule has 2 N–H and O–H groups in total. The average molecular weight is 394 g/mol. The number of carbonyl (C=O) groups excluding carboxylic acids is 2. The first-order chi connectivity index (χ1) is 14.2. The highest BCUT2D eigenvalue weighted by atomic mass is 16.5. The average Bonchev–Trinajstić information content (AvgIpc) is 3.27. The standard InChI is InChI=1S/C22H26N4O3/c27-21(19-10-4-5-11-23-19)16-7-6-12-26(14-16)22(28)20-13-17(24-25-20)15-29-18-8-2-1-3-9-18/h1-5,8-11,16-17,20,24-25H,6-7,12-15H2. The lowest BCUT2D eigenvalue weighted by Gasteiger charge is -2.33. The van der Waals surface area contributed by atoms with Crippen molar-refractivity contribution in [3.63, 3.8) is 0 Å². The molecule has 3 unspecified atom stereocenters. The van der Waals surface area contributed by atoms with E-state index in [1.54, 1.807) is 18.3 Å². The van der Waals surface area contributed by atoms with Gasteiger partial charge in [-0.2, -0.15) is 0 Å². The smallest absolute Gasteiger partial charge is 0.241 e. The lowest BCUT2D eigenvalue weighted by molar-refractivity contribution is -0.134. The Morgan fingerprint density at radius 1 is 1.10 bits per heavy atom. The zero-order valence-electron chi connectivity index (χ0n) is 16.3. The fourth-order valence-corrected chi connectivity index (χ4v) is 3.94. The molecule has 1 aromatic carbocycles. The largest absolute Gasteiger partial charge is 0.492 e. The van der Waals surface area contributed by atoms with Crippen molar-refractivity contribution in [2.75, 3.05) is 19.7 Å². The quantitative estimate of drug-likeness (QED) is 0.727. The van der Waals surface area contributed by atoms with E-state index in [1.807, 2.05) is 41.3 Å². The third kappa shape index (κ3) is 4.81. The SMILES string of the molecule is O=C(c1ccccn1)C1CCCN(C(=O)C2CC(COc3ccccc3)NN2)C1. The van der Waals surface area contributed by atoms with Crippen LogP contribution in [0.1, 0.15) is 29.8 Å². The van der Waals surface area contributed by atoms with Gasteiger partial charge in [0.25, 0.3) is 0 Å². The molecule has 2 fully saturated rings. The summed E-state index contributed by atoms with van der Waals surface area (Å²) in [5, 5.41) is 0. The Bertz CT molecular complexity index is 830. The predicted octanol–water partition coefficient (Wildman–Crippen LogP) is 1.82. The molecule has 3 atom stereocenters. The number of hydrogen-bond acceptors (Lipinski definition) is 6. The van der Waals surface area contributed by atoms with Crippen LogP contribution in [-0.2, 0) is 4.79 Å². The van der Waals surface area contributed by atoms with Crippen molar-refractivity contribution in [1.82, 2.24) is 20.7 Å². The van der Waals surface area contributed by atoms with E-state index in [-0.39, 0.29) is 29.7 Å². The van der Waals surface area contributed by atoms with Crippen molar-refractivity contribution < 1.29 is 14.3 Å². The van der Waals surface area contributed by atoms with Gasteiger partial charge in [-0.05, 0) is 43.5 Å². The van der Waals surface area contributed by atoms with Crippen LogP contribution < -0.4 is 15.6 Å². The summed E-state index contributed by atoms with van der Waals surface area (Å²) < 4.78 is 5.78.